The van der Waals surface area contributed by atoms with E-state index in [2.05, 4.69) is 34.3 Å². The Bertz CT molecular complexity index is 1080. The van der Waals surface area contributed by atoms with Crippen molar-refractivity contribution in [3.63, 3.8) is 0 Å². The molecule has 0 saturated carbocycles. The number of hydrogen-bond acceptors (Lipinski definition) is 7. The summed E-state index contributed by atoms with van der Waals surface area (Å²) in [6.07, 6.45) is -4.63. The second kappa shape index (κ2) is 13.9. The molecule has 16 heteroatoms. The molecule has 2 aromatic rings. The summed E-state index contributed by atoms with van der Waals surface area (Å²) in [5, 5.41) is 16.4. The number of morpholine rings is 1. The van der Waals surface area contributed by atoms with Crippen molar-refractivity contribution in [2.75, 3.05) is 19.7 Å². The van der Waals surface area contributed by atoms with E-state index < -0.39 is 24.3 Å². The molecule has 0 radical (unpaired) electrons. The number of carbonyl (C=O) groups is 3. The molecule has 2 saturated heterocycles. The molecular formula is C24H27F6N3O6S. The molecule has 2 aliphatic rings. The van der Waals surface area contributed by atoms with Crippen LogP contribution in [-0.4, -0.2) is 86.5 Å². The molecule has 2 fully saturated rings. The molecule has 0 bridgehead atoms. The van der Waals surface area contributed by atoms with Gasteiger partial charge < -0.3 is 19.8 Å². The van der Waals surface area contributed by atoms with E-state index in [0.717, 1.165) is 38.0 Å². The van der Waals surface area contributed by atoms with Crippen molar-refractivity contribution in [3.05, 3.63) is 52.5 Å². The van der Waals surface area contributed by atoms with Crippen LogP contribution in [0.25, 0.3) is 0 Å². The van der Waals surface area contributed by atoms with Gasteiger partial charge in [-0.3, -0.25) is 14.7 Å². The number of nitrogens with zero attached hydrogens (tertiary/aromatic N) is 3. The molecule has 2 N–H and O–H groups in total. The number of carboxylic acids is 2. The molecule has 1 unspecified atom stereocenters. The molecule has 0 aromatic carbocycles. The number of thiophene rings is 1. The lowest BCUT2D eigenvalue weighted by Crippen LogP contribution is -2.63. The predicted octanol–water partition coefficient (Wildman–Crippen LogP) is 4.19. The summed E-state index contributed by atoms with van der Waals surface area (Å²) in [5.74, 6) is -5.44. The minimum absolute atomic E-state index is 0.0767. The Labute approximate surface area is 229 Å². The third-order valence-corrected chi connectivity index (χ3v) is 7.12. The molecule has 9 nitrogen and oxygen atoms in total. The van der Waals surface area contributed by atoms with Gasteiger partial charge in [-0.1, -0.05) is 12.1 Å². The molecule has 4 rings (SSSR count). The van der Waals surface area contributed by atoms with Crippen molar-refractivity contribution in [3.8, 4) is 0 Å². The predicted molar refractivity (Wildman–Crippen MR) is 129 cm³/mol. The van der Waals surface area contributed by atoms with Crippen LogP contribution >= 0.6 is 11.3 Å². The highest BCUT2D eigenvalue weighted by molar-refractivity contribution is 7.09. The maximum Gasteiger partial charge on any atom is 0.490 e. The zero-order valence-electron chi connectivity index (χ0n) is 21.1. The van der Waals surface area contributed by atoms with Gasteiger partial charge in [-0.2, -0.15) is 26.3 Å². The number of hydrogen-bond donors (Lipinski definition) is 2. The number of piperidine rings is 1. The van der Waals surface area contributed by atoms with E-state index in [1.807, 2.05) is 34.6 Å². The molecular weight excluding hydrogens is 572 g/mol. The van der Waals surface area contributed by atoms with Crippen LogP contribution in [0.4, 0.5) is 26.3 Å². The van der Waals surface area contributed by atoms with Crippen LogP contribution in [0, 0.1) is 0 Å². The van der Waals surface area contributed by atoms with Crippen LogP contribution in [0.5, 0.6) is 0 Å². The van der Waals surface area contributed by atoms with Crippen LogP contribution in [0.3, 0.4) is 0 Å². The molecule has 1 spiro atoms. The van der Waals surface area contributed by atoms with Gasteiger partial charge in [0.2, 0.25) is 5.91 Å². The lowest BCUT2D eigenvalue weighted by molar-refractivity contribution is -0.193. The minimum atomic E-state index is -5.08. The Balaban J connectivity index is 0.000000333. The van der Waals surface area contributed by atoms with Gasteiger partial charge in [0, 0.05) is 43.4 Å². The molecule has 0 aliphatic carbocycles. The van der Waals surface area contributed by atoms with Gasteiger partial charge in [0.1, 0.15) is 6.61 Å². The van der Waals surface area contributed by atoms with Gasteiger partial charge in [-0.05, 0) is 42.8 Å². The topological polar surface area (TPSA) is 120 Å². The fraction of sp³-hybridized carbons (Fsp3) is 0.500. The monoisotopic (exact) mass is 599 g/mol. The summed E-state index contributed by atoms with van der Waals surface area (Å²) in [4.78, 5) is 40.3. The zero-order valence-corrected chi connectivity index (χ0v) is 21.9. The Hall–Kier alpha value is -3.24. The van der Waals surface area contributed by atoms with Crippen LogP contribution in [0.15, 0.2) is 42.0 Å². The van der Waals surface area contributed by atoms with Crippen molar-refractivity contribution in [1.82, 2.24) is 14.8 Å². The Morgan fingerprint density at radius 3 is 2.08 bits per heavy atom. The summed E-state index contributed by atoms with van der Waals surface area (Å²) >= 11 is 1.81. The van der Waals surface area contributed by atoms with E-state index in [9.17, 15) is 31.1 Å². The quantitative estimate of drug-likeness (QED) is 0.503. The number of carbonyl (C=O) groups excluding carboxylic acids is 1. The first-order valence-corrected chi connectivity index (χ1v) is 12.6. The number of rotatable bonds is 4. The average Bonchev–Trinajstić information content (AvgIpc) is 3.39. The van der Waals surface area contributed by atoms with Crippen LogP contribution < -0.4 is 0 Å². The third-order valence-electron chi connectivity index (χ3n) is 6.26. The number of amides is 1. The number of aromatic nitrogens is 1. The first-order chi connectivity index (χ1) is 18.5. The summed E-state index contributed by atoms with van der Waals surface area (Å²) in [6, 6.07) is 8.33. The highest BCUT2D eigenvalue weighted by atomic mass is 32.1. The van der Waals surface area contributed by atoms with Crippen molar-refractivity contribution in [2.24, 2.45) is 0 Å². The summed E-state index contributed by atoms with van der Waals surface area (Å²) in [6.45, 7) is 5.98. The minimum Gasteiger partial charge on any atom is -0.475 e. The normalized spacial score (nSPS) is 19.2. The fourth-order valence-corrected chi connectivity index (χ4v) is 4.84. The van der Waals surface area contributed by atoms with Crippen LogP contribution in [0.1, 0.15) is 30.2 Å². The van der Waals surface area contributed by atoms with E-state index in [1.54, 1.807) is 6.20 Å². The highest BCUT2D eigenvalue weighted by Gasteiger charge is 2.48. The molecule has 1 atom stereocenters. The molecule has 2 aromatic heterocycles. The molecule has 222 valence electrons. The van der Waals surface area contributed by atoms with E-state index >= 15 is 0 Å². The Morgan fingerprint density at radius 2 is 1.62 bits per heavy atom. The first kappa shape index (κ1) is 33.0. The summed E-state index contributed by atoms with van der Waals surface area (Å²) < 4.78 is 69.6. The van der Waals surface area contributed by atoms with Crippen molar-refractivity contribution in [1.29, 1.82) is 0 Å². The largest absolute Gasteiger partial charge is 0.490 e. The molecule has 4 heterocycles. The summed E-state index contributed by atoms with van der Waals surface area (Å²) in [7, 11) is 0. The number of alkyl halides is 6. The van der Waals surface area contributed by atoms with Gasteiger partial charge in [-0.15, -0.1) is 11.3 Å². The SMILES string of the molecule is CC1N(Cc2cccnc2)C(=O)COC12CCN(Cc1cccs1)CC2.O=C(O)C(F)(F)F.O=C(O)C(F)(F)F. The van der Waals surface area contributed by atoms with Gasteiger partial charge in [0.25, 0.3) is 0 Å². The van der Waals surface area contributed by atoms with Gasteiger partial charge in [0.15, 0.2) is 0 Å². The first-order valence-electron chi connectivity index (χ1n) is 11.7. The van der Waals surface area contributed by atoms with E-state index in [1.165, 1.54) is 4.88 Å². The summed E-state index contributed by atoms with van der Waals surface area (Å²) in [5.41, 5.74) is 0.849. The number of aliphatic carboxylic acids is 2. The second-order valence-electron chi connectivity index (χ2n) is 8.87. The van der Waals surface area contributed by atoms with Crippen molar-refractivity contribution < 1.29 is 55.7 Å². The third kappa shape index (κ3) is 9.75. The van der Waals surface area contributed by atoms with E-state index in [0.29, 0.717) is 6.54 Å². The van der Waals surface area contributed by atoms with Gasteiger partial charge in [-0.25, -0.2) is 9.59 Å². The van der Waals surface area contributed by atoms with Gasteiger partial charge >= 0.3 is 24.3 Å². The number of halogens is 6. The smallest absolute Gasteiger partial charge is 0.475 e. The number of carboxylic acid groups (broad SMARTS) is 2. The Kier molecular flexibility index (Phi) is 11.5. The van der Waals surface area contributed by atoms with Crippen LogP contribution in [-0.2, 0) is 32.2 Å². The zero-order chi connectivity index (χ0) is 30.1. The van der Waals surface area contributed by atoms with Crippen molar-refractivity contribution in [2.45, 2.75) is 56.9 Å². The average molecular weight is 600 g/mol. The van der Waals surface area contributed by atoms with E-state index in [4.69, 9.17) is 24.5 Å². The van der Waals surface area contributed by atoms with Crippen LogP contribution in [0.2, 0.25) is 0 Å². The highest BCUT2D eigenvalue weighted by Crippen LogP contribution is 2.36. The Morgan fingerprint density at radius 1 is 1.05 bits per heavy atom. The second-order valence-corrected chi connectivity index (χ2v) is 9.91. The maximum absolute atomic E-state index is 12.5. The lowest BCUT2D eigenvalue weighted by atomic mass is 9.82. The molecule has 1 amide bonds. The number of pyridine rings is 1. The molecule has 2 aliphatic heterocycles. The fourth-order valence-electron chi connectivity index (χ4n) is 4.10. The van der Waals surface area contributed by atoms with Gasteiger partial charge in [0.05, 0.1) is 11.6 Å². The van der Waals surface area contributed by atoms with Crippen molar-refractivity contribution >= 4 is 29.2 Å². The number of likely N-dealkylation sites (tertiary alicyclic amines) is 1. The standard InChI is InChI=1S/C20H25N3O2S.2C2HF3O2/c1-16-20(6-9-22(10-7-20)14-18-5-3-11-26-18)25-15-19(24)23(16)13-17-4-2-8-21-12-17;2*3-2(4,5)1(6)7/h2-5,8,11-12,16H,6-7,9-10,13-15H2,1H3;2*(H,6,7). The molecule has 40 heavy (non-hydrogen) atoms. The maximum atomic E-state index is 12.5. The number of ether oxygens (including phenoxy) is 1. The lowest BCUT2D eigenvalue weighted by Gasteiger charge is -2.51. The van der Waals surface area contributed by atoms with E-state index in [-0.39, 0.29) is 24.2 Å².